The Morgan fingerprint density at radius 1 is 1.15 bits per heavy atom. The van der Waals surface area contributed by atoms with Crippen LogP contribution in [-0.2, 0) is 24.1 Å². The number of ketones is 1. The van der Waals surface area contributed by atoms with Gasteiger partial charge in [-0.15, -0.1) is 11.3 Å². The molecule has 0 bridgehead atoms. The van der Waals surface area contributed by atoms with E-state index in [1.807, 2.05) is 18.2 Å². The Morgan fingerprint density at radius 2 is 2.05 bits per heavy atom. The van der Waals surface area contributed by atoms with Gasteiger partial charge in [0.1, 0.15) is 0 Å². The lowest BCUT2D eigenvalue weighted by molar-refractivity contribution is -0.115. The molecule has 20 heavy (non-hydrogen) atoms. The summed E-state index contributed by atoms with van der Waals surface area (Å²) in [6.07, 6.45) is 3.79. The lowest BCUT2D eigenvalue weighted by Gasteiger charge is -2.02. The number of nitrogens with one attached hydrogen (secondary N) is 1. The molecule has 0 radical (unpaired) electrons. The molecule has 2 aliphatic rings. The number of carbonyl (C=O) groups is 2. The molecule has 1 amide bonds. The van der Waals surface area contributed by atoms with Crippen LogP contribution in [0.15, 0.2) is 24.3 Å². The third-order valence-electron chi connectivity index (χ3n) is 3.96. The number of benzene rings is 1. The maximum absolute atomic E-state index is 12.5. The van der Waals surface area contributed by atoms with Crippen molar-refractivity contribution in [1.82, 2.24) is 0 Å². The first-order valence-corrected chi connectivity index (χ1v) is 7.61. The second kappa shape index (κ2) is 4.28. The number of fused-ring (bicyclic) bond motifs is 2. The molecule has 4 rings (SSSR count). The Labute approximate surface area is 120 Å². The number of carbonyl (C=O) groups excluding carboxylic acids is 2. The minimum atomic E-state index is -0.000279. The van der Waals surface area contributed by atoms with Gasteiger partial charge in [0.05, 0.1) is 11.3 Å². The Morgan fingerprint density at radius 3 is 2.90 bits per heavy atom. The third-order valence-corrected chi connectivity index (χ3v) is 5.20. The van der Waals surface area contributed by atoms with Gasteiger partial charge < -0.3 is 5.32 Å². The minimum absolute atomic E-state index is 0.000279. The molecule has 100 valence electrons. The molecule has 2 heterocycles. The molecule has 1 aromatic carbocycles. The van der Waals surface area contributed by atoms with Crippen molar-refractivity contribution < 1.29 is 9.59 Å². The van der Waals surface area contributed by atoms with E-state index in [-0.39, 0.29) is 11.7 Å². The molecule has 0 unspecified atom stereocenters. The summed E-state index contributed by atoms with van der Waals surface area (Å²) in [5.74, 6) is 0.0752. The van der Waals surface area contributed by atoms with Crippen LogP contribution in [0.1, 0.15) is 37.7 Å². The van der Waals surface area contributed by atoms with Gasteiger partial charge >= 0.3 is 0 Å². The van der Waals surface area contributed by atoms with E-state index in [0.29, 0.717) is 12.0 Å². The molecule has 1 aliphatic heterocycles. The summed E-state index contributed by atoms with van der Waals surface area (Å²) in [6.45, 7) is 0. The molecule has 2 aromatic rings. The van der Waals surface area contributed by atoms with Crippen molar-refractivity contribution in [1.29, 1.82) is 0 Å². The molecule has 3 nitrogen and oxygen atoms in total. The van der Waals surface area contributed by atoms with E-state index >= 15 is 0 Å². The highest BCUT2D eigenvalue weighted by Crippen LogP contribution is 2.32. The normalized spacial score (nSPS) is 15.9. The number of hydrogen-bond donors (Lipinski definition) is 1. The number of thiophene rings is 1. The maximum Gasteiger partial charge on any atom is 0.228 e. The Kier molecular flexibility index (Phi) is 2.54. The van der Waals surface area contributed by atoms with Crippen molar-refractivity contribution in [3.05, 3.63) is 50.7 Å². The van der Waals surface area contributed by atoms with E-state index in [0.717, 1.165) is 29.0 Å². The quantitative estimate of drug-likeness (QED) is 0.861. The van der Waals surface area contributed by atoms with Gasteiger partial charge in [-0.25, -0.2) is 0 Å². The van der Waals surface area contributed by atoms with E-state index in [1.165, 1.54) is 16.9 Å². The van der Waals surface area contributed by atoms with Crippen LogP contribution in [0.5, 0.6) is 0 Å². The van der Waals surface area contributed by atoms with Crippen molar-refractivity contribution in [3.8, 4) is 0 Å². The van der Waals surface area contributed by atoms with Gasteiger partial charge in [-0.2, -0.15) is 0 Å². The summed E-state index contributed by atoms with van der Waals surface area (Å²) in [7, 11) is 0. The fourth-order valence-electron chi connectivity index (χ4n) is 2.95. The van der Waals surface area contributed by atoms with Gasteiger partial charge in [0.25, 0.3) is 0 Å². The first kappa shape index (κ1) is 11.9. The average Bonchev–Trinajstić information content (AvgIpc) is 3.08. The average molecular weight is 283 g/mol. The first-order valence-electron chi connectivity index (χ1n) is 6.80. The third kappa shape index (κ3) is 1.79. The summed E-state index contributed by atoms with van der Waals surface area (Å²) in [6, 6.07) is 7.53. The highest BCUT2D eigenvalue weighted by molar-refractivity contribution is 7.14. The lowest BCUT2D eigenvalue weighted by atomic mass is 10.0. The summed E-state index contributed by atoms with van der Waals surface area (Å²) < 4.78 is 0. The van der Waals surface area contributed by atoms with Gasteiger partial charge in [-0.3, -0.25) is 9.59 Å². The van der Waals surface area contributed by atoms with E-state index < -0.39 is 0 Å². The monoisotopic (exact) mass is 283 g/mol. The Balaban J connectivity index is 1.68. The highest BCUT2D eigenvalue weighted by Gasteiger charge is 2.22. The van der Waals surface area contributed by atoms with Crippen LogP contribution in [0.25, 0.3) is 0 Å². The summed E-state index contributed by atoms with van der Waals surface area (Å²) in [5.41, 5.74) is 3.78. The number of hydrogen-bond acceptors (Lipinski definition) is 3. The van der Waals surface area contributed by atoms with E-state index in [1.54, 1.807) is 17.4 Å². The summed E-state index contributed by atoms with van der Waals surface area (Å²) in [4.78, 5) is 26.1. The zero-order chi connectivity index (χ0) is 13.7. The van der Waals surface area contributed by atoms with E-state index in [9.17, 15) is 9.59 Å². The molecule has 0 saturated heterocycles. The molecule has 0 saturated carbocycles. The smallest absolute Gasteiger partial charge is 0.228 e. The number of rotatable bonds is 2. The highest BCUT2D eigenvalue weighted by atomic mass is 32.1. The van der Waals surface area contributed by atoms with Gasteiger partial charge in [0.2, 0.25) is 11.7 Å². The molecular formula is C16H13NO2S. The van der Waals surface area contributed by atoms with Crippen LogP contribution in [0, 0.1) is 0 Å². The van der Waals surface area contributed by atoms with Gasteiger partial charge in [0.15, 0.2) is 0 Å². The van der Waals surface area contributed by atoms with Crippen LogP contribution in [0.3, 0.4) is 0 Å². The predicted octanol–water partition coefficient (Wildman–Crippen LogP) is 2.96. The maximum atomic E-state index is 12.5. The SMILES string of the molecule is O=C1Cc2cc(C(=O)c3cc4c(s3)CCC4)ccc2N1. The van der Waals surface area contributed by atoms with Crippen molar-refractivity contribution in [2.45, 2.75) is 25.7 Å². The zero-order valence-corrected chi connectivity index (χ0v) is 11.7. The second-order valence-electron chi connectivity index (χ2n) is 5.34. The van der Waals surface area contributed by atoms with Crippen LogP contribution in [0.4, 0.5) is 5.69 Å². The molecule has 4 heteroatoms. The van der Waals surface area contributed by atoms with Crippen LogP contribution < -0.4 is 5.32 Å². The Hall–Kier alpha value is -1.94. The minimum Gasteiger partial charge on any atom is -0.326 e. The van der Waals surface area contributed by atoms with E-state index in [2.05, 4.69) is 5.32 Å². The first-order chi connectivity index (χ1) is 9.70. The molecule has 1 aromatic heterocycles. The number of aryl methyl sites for hydroxylation is 2. The fraction of sp³-hybridized carbons (Fsp3) is 0.250. The molecule has 0 fully saturated rings. The predicted molar refractivity (Wildman–Crippen MR) is 78.6 cm³/mol. The summed E-state index contributed by atoms with van der Waals surface area (Å²) >= 11 is 1.63. The van der Waals surface area contributed by atoms with Crippen molar-refractivity contribution in [2.75, 3.05) is 5.32 Å². The number of anilines is 1. The molecular weight excluding hydrogens is 270 g/mol. The second-order valence-corrected chi connectivity index (χ2v) is 6.48. The fourth-order valence-corrected chi connectivity index (χ4v) is 4.17. The van der Waals surface area contributed by atoms with Crippen LogP contribution >= 0.6 is 11.3 Å². The van der Waals surface area contributed by atoms with Crippen molar-refractivity contribution in [2.24, 2.45) is 0 Å². The topological polar surface area (TPSA) is 46.2 Å². The molecule has 0 spiro atoms. The van der Waals surface area contributed by atoms with Crippen LogP contribution in [-0.4, -0.2) is 11.7 Å². The van der Waals surface area contributed by atoms with Crippen molar-refractivity contribution in [3.63, 3.8) is 0 Å². The van der Waals surface area contributed by atoms with Crippen LogP contribution in [0.2, 0.25) is 0 Å². The largest absolute Gasteiger partial charge is 0.326 e. The van der Waals surface area contributed by atoms with E-state index in [4.69, 9.17) is 0 Å². The van der Waals surface area contributed by atoms with Gasteiger partial charge in [-0.1, -0.05) is 0 Å². The molecule has 1 N–H and O–H groups in total. The van der Waals surface area contributed by atoms with Crippen molar-refractivity contribution >= 4 is 28.7 Å². The molecule has 0 atom stereocenters. The van der Waals surface area contributed by atoms with Gasteiger partial charge in [0, 0.05) is 16.1 Å². The number of amides is 1. The zero-order valence-electron chi connectivity index (χ0n) is 10.9. The standard InChI is InChI=1S/C16H13NO2S/c18-15-8-11-6-10(4-5-12(11)17-15)16(19)14-7-9-2-1-3-13(9)20-14/h4-7H,1-3,8H2,(H,17,18). The molecule has 1 aliphatic carbocycles. The lowest BCUT2D eigenvalue weighted by Crippen LogP contribution is -2.03. The summed E-state index contributed by atoms with van der Waals surface area (Å²) in [5, 5.41) is 2.79. The van der Waals surface area contributed by atoms with Gasteiger partial charge in [-0.05, 0) is 54.7 Å². The Bertz CT molecular complexity index is 723.